The van der Waals surface area contributed by atoms with Gasteiger partial charge in [0.15, 0.2) is 0 Å². The van der Waals surface area contributed by atoms with Crippen LogP contribution in [0.4, 0.5) is 0 Å². The largest absolute Gasteiger partial charge is 0.495 e. The highest BCUT2D eigenvalue weighted by atomic mass is 32.2. The van der Waals surface area contributed by atoms with E-state index in [4.69, 9.17) is 4.74 Å². The van der Waals surface area contributed by atoms with Crippen LogP contribution in [0.5, 0.6) is 5.75 Å². The lowest BCUT2D eigenvalue weighted by atomic mass is 10.0. The minimum Gasteiger partial charge on any atom is -0.495 e. The summed E-state index contributed by atoms with van der Waals surface area (Å²) < 4.78 is 38.0. The van der Waals surface area contributed by atoms with Crippen LogP contribution in [0.1, 0.15) is 16.7 Å². The Morgan fingerprint density at radius 2 is 1.85 bits per heavy atom. The lowest BCUT2D eigenvalue weighted by Gasteiger charge is -2.14. The second-order valence-corrected chi connectivity index (χ2v) is 7.92. The Morgan fingerprint density at radius 3 is 2.58 bits per heavy atom. The number of para-hydroxylation sites is 1. The topological polar surface area (TPSA) is 81.7 Å². The number of benzene rings is 2. The third-order valence-electron chi connectivity index (χ3n) is 4.46. The standard InChI is InChI=1S/C19H21NO5S/c1-24-17-5-3-4-6-18(17)26(22,23)20-16-11-14-8-7-13(9-15(14)12-16)10-19(21)25-2/h3-9,16,20H,10-12H2,1-2H3. The first-order valence-corrected chi connectivity index (χ1v) is 9.74. The van der Waals surface area contributed by atoms with Crippen molar-refractivity contribution in [2.24, 2.45) is 0 Å². The zero-order valence-electron chi connectivity index (χ0n) is 14.7. The molecular weight excluding hydrogens is 354 g/mol. The maximum absolute atomic E-state index is 12.7. The fourth-order valence-corrected chi connectivity index (χ4v) is 4.63. The number of nitrogens with one attached hydrogen (secondary N) is 1. The van der Waals surface area contributed by atoms with Crippen molar-refractivity contribution < 1.29 is 22.7 Å². The van der Waals surface area contributed by atoms with E-state index in [9.17, 15) is 13.2 Å². The predicted octanol–water partition coefficient (Wildman–Crippen LogP) is 1.86. The first kappa shape index (κ1) is 18.4. The second kappa shape index (κ2) is 7.47. The van der Waals surface area contributed by atoms with Crippen LogP contribution in [-0.2, 0) is 38.8 Å². The van der Waals surface area contributed by atoms with Crippen molar-refractivity contribution in [3.05, 3.63) is 59.2 Å². The summed E-state index contributed by atoms with van der Waals surface area (Å²) in [5, 5.41) is 0. The van der Waals surface area contributed by atoms with E-state index in [1.54, 1.807) is 18.2 Å². The van der Waals surface area contributed by atoms with E-state index in [0.717, 1.165) is 16.7 Å². The Labute approximate surface area is 153 Å². The molecule has 6 nitrogen and oxygen atoms in total. The van der Waals surface area contributed by atoms with Gasteiger partial charge in [0.2, 0.25) is 10.0 Å². The van der Waals surface area contributed by atoms with E-state index in [-0.39, 0.29) is 23.3 Å². The molecule has 0 aromatic heterocycles. The third-order valence-corrected chi connectivity index (χ3v) is 6.02. The van der Waals surface area contributed by atoms with Gasteiger partial charge in [-0.3, -0.25) is 4.79 Å². The number of sulfonamides is 1. The molecule has 3 rings (SSSR count). The highest BCUT2D eigenvalue weighted by Gasteiger charge is 2.28. The Balaban J connectivity index is 1.75. The van der Waals surface area contributed by atoms with Gasteiger partial charge in [-0.05, 0) is 41.7 Å². The predicted molar refractivity (Wildman–Crippen MR) is 96.7 cm³/mol. The van der Waals surface area contributed by atoms with Crippen molar-refractivity contribution in [3.63, 3.8) is 0 Å². The van der Waals surface area contributed by atoms with Gasteiger partial charge in [-0.25, -0.2) is 13.1 Å². The Hall–Kier alpha value is -2.38. The highest BCUT2D eigenvalue weighted by molar-refractivity contribution is 7.89. The maximum atomic E-state index is 12.7. The quantitative estimate of drug-likeness (QED) is 0.780. The van der Waals surface area contributed by atoms with Crippen LogP contribution in [0.15, 0.2) is 47.4 Å². The van der Waals surface area contributed by atoms with Crippen LogP contribution in [0.25, 0.3) is 0 Å². The fourth-order valence-electron chi connectivity index (χ4n) is 3.23. The molecule has 0 fully saturated rings. The summed E-state index contributed by atoms with van der Waals surface area (Å²) in [6.45, 7) is 0. The van der Waals surface area contributed by atoms with Gasteiger partial charge in [-0.1, -0.05) is 30.3 Å². The van der Waals surface area contributed by atoms with E-state index in [0.29, 0.717) is 18.6 Å². The summed E-state index contributed by atoms with van der Waals surface area (Å²) in [5.74, 6) is 0.0206. The van der Waals surface area contributed by atoms with E-state index < -0.39 is 10.0 Å². The van der Waals surface area contributed by atoms with Crippen LogP contribution in [0.2, 0.25) is 0 Å². The van der Waals surface area contributed by atoms with E-state index >= 15 is 0 Å². The summed E-state index contributed by atoms with van der Waals surface area (Å²) in [4.78, 5) is 11.6. The monoisotopic (exact) mass is 375 g/mol. The molecule has 7 heteroatoms. The normalized spacial score (nSPS) is 16.2. The van der Waals surface area contributed by atoms with Crippen molar-refractivity contribution in [3.8, 4) is 5.75 Å². The van der Waals surface area contributed by atoms with E-state index in [1.807, 2.05) is 18.2 Å². The average molecular weight is 375 g/mol. The van der Waals surface area contributed by atoms with Crippen molar-refractivity contribution >= 4 is 16.0 Å². The molecule has 1 aliphatic rings. The van der Waals surface area contributed by atoms with Gasteiger partial charge in [0.05, 0.1) is 20.6 Å². The summed E-state index contributed by atoms with van der Waals surface area (Å²) in [5.41, 5.74) is 3.01. The molecule has 0 spiro atoms. The van der Waals surface area contributed by atoms with Gasteiger partial charge in [0.1, 0.15) is 10.6 Å². The van der Waals surface area contributed by atoms with Crippen LogP contribution in [-0.4, -0.2) is 34.6 Å². The summed E-state index contributed by atoms with van der Waals surface area (Å²) in [7, 11) is -0.880. The number of carbonyl (C=O) groups is 1. The molecule has 0 saturated heterocycles. The molecule has 0 radical (unpaired) electrons. The van der Waals surface area contributed by atoms with Crippen LogP contribution in [0.3, 0.4) is 0 Å². The van der Waals surface area contributed by atoms with Crippen molar-refractivity contribution in [2.45, 2.75) is 30.2 Å². The van der Waals surface area contributed by atoms with Crippen LogP contribution < -0.4 is 9.46 Å². The molecule has 1 N–H and O–H groups in total. The molecule has 2 aromatic carbocycles. The Morgan fingerprint density at radius 1 is 1.12 bits per heavy atom. The van der Waals surface area contributed by atoms with Crippen molar-refractivity contribution in [2.75, 3.05) is 14.2 Å². The first-order chi connectivity index (χ1) is 12.4. The number of ether oxygens (including phenoxy) is 2. The molecule has 26 heavy (non-hydrogen) atoms. The van der Waals surface area contributed by atoms with Crippen LogP contribution in [0, 0.1) is 0 Å². The molecule has 2 aromatic rings. The van der Waals surface area contributed by atoms with Crippen LogP contribution >= 0.6 is 0 Å². The Kier molecular flexibility index (Phi) is 5.29. The molecule has 1 aliphatic carbocycles. The summed E-state index contributed by atoms with van der Waals surface area (Å²) in [6, 6.07) is 12.1. The number of fused-ring (bicyclic) bond motifs is 1. The summed E-state index contributed by atoms with van der Waals surface area (Å²) in [6.07, 6.45) is 1.41. The van der Waals surface area contributed by atoms with Gasteiger partial charge in [-0.15, -0.1) is 0 Å². The average Bonchev–Trinajstić information content (AvgIpc) is 3.02. The minimum absolute atomic E-state index is 0.129. The second-order valence-electron chi connectivity index (χ2n) is 6.23. The number of esters is 1. The fraction of sp³-hybridized carbons (Fsp3) is 0.316. The van der Waals surface area contributed by atoms with E-state index in [1.165, 1.54) is 20.3 Å². The van der Waals surface area contributed by atoms with Gasteiger partial charge in [0.25, 0.3) is 0 Å². The molecular formula is C19H21NO5S. The van der Waals surface area contributed by atoms with Gasteiger partial charge in [0, 0.05) is 6.04 Å². The summed E-state index contributed by atoms with van der Waals surface area (Å²) >= 11 is 0. The molecule has 0 heterocycles. The molecule has 0 bridgehead atoms. The number of hydrogen-bond acceptors (Lipinski definition) is 5. The minimum atomic E-state index is -3.69. The molecule has 1 atom stereocenters. The molecule has 138 valence electrons. The highest BCUT2D eigenvalue weighted by Crippen LogP contribution is 2.27. The molecule has 1 unspecified atom stereocenters. The number of hydrogen-bond donors (Lipinski definition) is 1. The van der Waals surface area contributed by atoms with Gasteiger partial charge in [-0.2, -0.15) is 0 Å². The number of carbonyl (C=O) groups excluding carboxylic acids is 1. The SMILES string of the molecule is COC(=O)Cc1ccc2c(c1)CC(NS(=O)(=O)c1ccccc1OC)C2. The lowest BCUT2D eigenvalue weighted by molar-refractivity contribution is -0.139. The molecule has 0 saturated carbocycles. The van der Waals surface area contributed by atoms with Crippen molar-refractivity contribution in [1.29, 1.82) is 0 Å². The smallest absolute Gasteiger partial charge is 0.309 e. The maximum Gasteiger partial charge on any atom is 0.309 e. The lowest BCUT2D eigenvalue weighted by Crippen LogP contribution is -2.35. The van der Waals surface area contributed by atoms with Gasteiger partial charge < -0.3 is 9.47 Å². The zero-order chi connectivity index (χ0) is 18.7. The Bertz CT molecular complexity index is 923. The first-order valence-electron chi connectivity index (χ1n) is 8.26. The zero-order valence-corrected chi connectivity index (χ0v) is 15.5. The molecule has 0 amide bonds. The number of rotatable bonds is 6. The van der Waals surface area contributed by atoms with E-state index in [2.05, 4.69) is 9.46 Å². The van der Waals surface area contributed by atoms with Crippen molar-refractivity contribution in [1.82, 2.24) is 4.72 Å². The third kappa shape index (κ3) is 3.89. The molecule has 0 aliphatic heterocycles. The number of methoxy groups -OCH3 is 2. The van der Waals surface area contributed by atoms with Gasteiger partial charge >= 0.3 is 5.97 Å².